The minimum absolute atomic E-state index is 0.0231. The molecule has 5 N–H and O–H groups in total. The Bertz CT molecular complexity index is 1780. The predicted octanol–water partition coefficient (Wildman–Crippen LogP) is 8.12. The fourth-order valence-corrected chi connectivity index (χ4v) is 12.4. The molecule has 0 aromatic heterocycles. The van der Waals surface area contributed by atoms with Crippen molar-refractivity contribution in [2.45, 2.75) is 276 Å². The molecule has 4 fully saturated rings. The Labute approximate surface area is 456 Å². The van der Waals surface area contributed by atoms with E-state index in [-0.39, 0.29) is 31.4 Å². The third kappa shape index (κ3) is 18.4. The average Bonchev–Trinajstić information content (AvgIpc) is 3.36. The number of methoxy groups -OCH3 is 1. The van der Waals surface area contributed by atoms with Gasteiger partial charge in [0.2, 0.25) is 0 Å². The number of nitrogens with zero attached hydrogens (tertiary/aromatic N) is 2. The number of hydrogen-bond acceptors (Lipinski definition) is 18. The second-order valence-electron chi connectivity index (χ2n) is 23.8. The molecule has 0 bridgehead atoms. The number of rotatable bonds is 22. The molecule has 442 valence electrons. The highest BCUT2D eigenvalue weighted by atomic mass is 16.7. The highest BCUT2D eigenvalue weighted by molar-refractivity contribution is 5.88. The molecular formula is C57H104N4O15. The molecule has 4 aliphatic rings. The maximum atomic E-state index is 14.8. The van der Waals surface area contributed by atoms with Crippen LogP contribution in [0, 0.1) is 29.6 Å². The molecule has 18 atom stereocenters. The number of ether oxygens (including phenoxy) is 8. The molecular weight excluding hydrogens is 981 g/mol. The molecule has 3 saturated heterocycles. The largest absolute Gasteiger partial charge is 0.459 e. The van der Waals surface area contributed by atoms with Crippen molar-refractivity contribution >= 4 is 23.7 Å². The summed E-state index contributed by atoms with van der Waals surface area (Å²) in [5.41, 5.74) is 1.22. The number of carbonyl (C=O) groups is 3. The molecule has 1 amide bonds. The molecule has 1 unspecified atom stereocenters. The summed E-state index contributed by atoms with van der Waals surface area (Å²) < 4.78 is 51.4. The first-order valence-electron chi connectivity index (χ1n) is 29.0. The summed E-state index contributed by atoms with van der Waals surface area (Å²) in [4.78, 5) is 48.8. The lowest BCUT2D eigenvalue weighted by Crippen LogP contribution is -2.62. The van der Waals surface area contributed by atoms with Crippen LogP contribution in [0.1, 0.15) is 192 Å². The van der Waals surface area contributed by atoms with Gasteiger partial charge in [0.25, 0.3) is 0 Å². The maximum absolute atomic E-state index is 14.8. The monoisotopic (exact) mass is 1080 g/mol. The maximum Gasteiger partial charge on any atom is 0.422 e. The van der Waals surface area contributed by atoms with Gasteiger partial charge < -0.3 is 63.0 Å². The second kappa shape index (κ2) is 30.8. The number of oxime groups is 1. The standard InChI is InChI=1S/C57H104N4O15/c1-16-18-19-20-21-25-30-58-59-54(65)75-48-43(61(13)14)32-36(4)70-53(48)76-50-38(6)47(74-45-34-56(11,68-15)51(40(8)71-45)72-41(9)62)39(7)52(64)73-44(17-2)57(12,67)49(63)37(5)46(35(3)33-55(50,10)66)60-69-31-26-29-42-27-23-22-24-28-42/h35-40,42-45,47-51,53,58,63,66-67H,16-34H2,1-15H3,(H,59,65)/b60-46+/t35-,36-,37-,38+,39-,40+,43+,44+,45+,47+,48-,49-,50-,51+,53+,55?,56-,57-/m1/s1. The van der Waals surface area contributed by atoms with Crippen LogP contribution in [0.5, 0.6) is 0 Å². The van der Waals surface area contributed by atoms with Crippen molar-refractivity contribution in [3.8, 4) is 0 Å². The highest BCUT2D eigenvalue weighted by Crippen LogP contribution is 2.42. The van der Waals surface area contributed by atoms with Crippen molar-refractivity contribution in [3.63, 3.8) is 0 Å². The van der Waals surface area contributed by atoms with Crippen molar-refractivity contribution in [3.05, 3.63) is 0 Å². The summed E-state index contributed by atoms with van der Waals surface area (Å²) in [7, 11) is 5.30. The van der Waals surface area contributed by atoms with Crippen molar-refractivity contribution in [2.24, 2.45) is 34.7 Å². The number of aliphatic hydroxyl groups is 3. The highest BCUT2D eigenvalue weighted by Gasteiger charge is 2.55. The van der Waals surface area contributed by atoms with Gasteiger partial charge >= 0.3 is 18.0 Å². The van der Waals surface area contributed by atoms with E-state index in [9.17, 15) is 29.7 Å². The van der Waals surface area contributed by atoms with Crippen molar-refractivity contribution in [1.82, 2.24) is 15.8 Å². The molecule has 4 rings (SSSR count). The third-order valence-corrected chi connectivity index (χ3v) is 16.9. The minimum atomic E-state index is -1.97. The molecule has 1 aliphatic carbocycles. The summed E-state index contributed by atoms with van der Waals surface area (Å²) in [6, 6.07) is -0.388. The molecule has 19 heteroatoms. The summed E-state index contributed by atoms with van der Waals surface area (Å²) in [6.45, 7) is 21.8. The first-order valence-corrected chi connectivity index (χ1v) is 29.0. The predicted molar refractivity (Wildman–Crippen MR) is 289 cm³/mol. The fourth-order valence-electron chi connectivity index (χ4n) is 12.4. The van der Waals surface area contributed by atoms with Gasteiger partial charge in [0.1, 0.15) is 23.9 Å². The topological polar surface area (TPSA) is 235 Å². The van der Waals surface area contributed by atoms with E-state index in [0.29, 0.717) is 31.2 Å². The van der Waals surface area contributed by atoms with E-state index in [1.807, 2.05) is 39.8 Å². The van der Waals surface area contributed by atoms with Crippen molar-refractivity contribution < 1.29 is 72.4 Å². The van der Waals surface area contributed by atoms with Crippen molar-refractivity contribution in [2.75, 3.05) is 34.4 Å². The molecule has 3 heterocycles. The van der Waals surface area contributed by atoms with Crippen LogP contribution in [0.25, 0.3) is 0 Å². The number of hydrogen-bond donors (Lipinski definition) is 5. The van der Waals surface area contributed by atoms with Crippen LogP contribution in [-0.4, -0.2) is 163 Å². The Morgan fingerprint density at radius 3 is 2.14 bits per heavy atom. The summed E-state index contributed by atoms with van der Waals surface area (Å²) in [6.07, 6.45) is 4.21. The molecule has 1 saturated carbocycles. The van der Waals surface area contributed by atoms with Crippen LogP contribution in [0.2, 0.25) is 0 Å². The Balaban J connectivity index is 1.82. The molecule has 76 heavy (non-hydrogen) atoms. The average molecular weight is 1090 g/mol. The number of carbonyl (C=O) groups excluding carboxylic acids is 3. The SMILES string of the molecule is CCCCCCCCNNC(=O)O[C@H]1[C@H](O[C@@H]2[C@@H](C)[C@H](O[C@H]3C[C@@](C)(OC)[C@@H](OC(C)=O)[C@H](C)O3)[C@@H](C)C(=O)O[C@@H](CC)[C@@](C)(O)[C@H](O)[C@H](C)/C(=N/OCCCC3CCCCC3)[C@H](C)CC2(C)O)O[C@H](C)C[C@@H]1N(C)C. The van der Waals surface area contributed by atoms with Gasteiger partial charge in [-0.2, -0.15) is 0 Å². The van der Waals surface area contributed by atoms with Crippen LogP contribution in [0.4, 0.5) is 4.79 Å². The number of cyclic esters (lactones) is 1. The van der Waals surface area contributed by atoms with Crippen molar-refractivity contribution in [1.29, 1.82) is 0 Å². The Hall–Kier alpha value is -2.72. The lowest BCUT2D eigenvalue weighted by atomic mass is 9.73. The molecule has 0 spiro atoms. The van der Waals surface area contributed by atoms with Gasteiger partial charge in [-0.15, -0.1) is 0 Å². The summed E-state index contributed by atoms with van der Waals surface area (Å²) >= 11 is 0. The minimum Gasteiger partial charge on any atom is -0.459 e. The number of aliphatic hydroxyl groups excluding tert-OH is 1. The number of amides is 1. The zero-order chi connectivity index (χ0) is 56.5. The lowest BCUT2D eigenvalue weighted by molar-refractivity contribution is -0.318. The first kappa shape index (κ1) is 65.8. The van der Waals surface area contributed by atoms with E-state index in [4.69, 9.17) is 47.9 Å². The number of esters is 2. The Morgan fingerprint density at radius 1 is 0.842 bits per heavy atom. The van der Waals surface area contributed by atoms with Gasteiger partial charge in [-0.25, -0.2) is 10.2 Å². The van der Waals surface area contributed by atoms with Gasteiger partial charge in [-0.1, -0.05) is 104 Å². The smallest absolute Gasteiger partial charge is 0.422 e. The molecule has 0 aromatic carbocycles. The lowest BCUT2D eigenvalue weighted by Gasteiger charge is -2.49. The van der Waals surface area contributed by atoms with E-state index in [1.54, 1.807) is 41.5 Å². The quantitative estimate of drug-likeness (QED) is 0.0298. The van der Waals surface area contributed by atoms with Crippen LogP contribution in [-0.2, 0) is 52.3 Å². The van der Waals surface area contributed by atoms with Gasteiger partial charge in [0, 0.05) is 44.8 Å². The molecule has 0 aromatic rings. The number of likely N-dealkylation sites (N-methyl/N-ethyl adjacent to an activating group) is 1. The summed E-state index contributed by atoms with van der Waals surface area (Å²) in [5, 5.41) is 42.5. The van der Waals surface area contributed by atoms with Gasteiger partial charge in [-0.05, 0) is 100 Å². The zero-order valence-electron chi connectivity index (χ0n) is 49.3. The van der Waals surface area contributed by atoms with Crippen LogP contribution < -0.4 is 10.9 Å². The van der Waals surface area contributed by atoms with Crippen LogP contribution in [0.15, 0.2) is 5.16 Å². The summed E-state index contributed by atoms with van der Waals surface area (Å²) in [5.74, 6) is -4.08. The van der Waals surface area contributed by atoms with E-state index in [1.165, 1.54) is 65.9 Å². The fraction of sp³-hybridized carbons (Fsp3) is 0.930. The van der Waals surface area contributed by atoms with Crippen LogP contribution in [0.3, 0.4) is 0 Å². The molecule has 19 nitrogen and oxygen atoms in total. The van der Waals surface area contributed by atoms with E-state index in [0.717, 1.165) is 38.5 Å². The number of hydrazine groups is 1. The molecule has 0 radical (unpaired) electrons. The normalized spacial score (nSPS) is 39.0. The van der Waals surface area contributed by atoms with Gasteiger partial charge in [0.05, 0.1) is 53.8 Å². The first-order chi connectivity index (χ1) is 35.8. The Kier molecular flexibility index (Phi) is 26.6. The van der Waals surface area contributed by atoms with E-state index < -0.39 is 114 Å². The van der Waals surface area contributed by atoms with Gasteiger partial charge in [-0.3, -0.25) is 15.0 Å². The van der Waals surface area contributed by atoms with E-state index in [2.05, 4.69) is 17.8 Å². The second-order valence-corrected chi connectivity index (χ2v) is 23.8. The third-order valence-electron chi connectivity index (χ3n) is 16.9. The zero-order valence-corrected chi connectivity index (χ0v) is 49.3. The van der Waals surface area contributed by atoms with E-state index >= 15 is 0 Å². The number of unbranched alkanes of at least 4 members (excludes halogenated alkanes) is 5. The van der Waals surface area contributed by atoms with Crippen LogP contribution >= 0.6 is 0 Å². The Morgan fingerprint density at radius 2 is 1.51 bits per heavy atom. The van der Waals surface area contributed by atoms with Gasteiger partial charge in [0.15, 0.2) is 24.8 Å². The number of nitrogens with one attached hydrogen (secondary N) is 2. The molecule has 3 aliphatic heterocycles.